The second-order valence-corrected chi connectivity index (χ2v) is 6.57. The first-order valence-corrected chi connectivity index (χ1v) is 9.37. The van der Waals surface area contributed by atoms with Crippen LogP contribution in [0.2, 0.25) is 0 Å². The second-order valence-electron chi connectivity index (χ2n) is 6.57. The molecule has 0 aliphatic carbocycles. The molecule has 150 valence electrons. The third kappa shape index (κ3) is 4.00. The van der Waals surface area contributed by atoms with Gasteiger partial charge in [0, 0.05) is 37.1 Å². The van der Waals surface area contributed by atoms with Gasteiger partial charge in [0.1, 0.15) is 0 Å². The minimum atomic E-state index is -0.350. The number of pyridine rings is 2. The van der Waals surface area contributed by atoms with Crippen LogP contribution in [0.5, 0.6) is 0 Å². The van der Waals surface area contributed by atoms with E-state index < -0.39 is 0 Å². The first-order chi connectivity index (χ1) is 14.6. The topological polar surface area (TPSA) is 115 Å². The molecule has 9 heteroatoms. The van der Waals surface area contributed by atoms with Crippen LogP contribution in [0.25, 0.3) is 16.6 Å². The highest BCUT2D eigenvalue weighted by molar-refractivity contribution is 5.94. The second kappa shape index (κ2) is 8.48. The van der Waals surface area contributed by atoms with Gasteiger partial charge in [-0.3, -0.25) is 19.6 Å². The van der Waals surface area contributed by atoms with E-state index in [9.17, 15) is 9.59 Å². The van der Waals surface area contributed by atoms with Crippen LogP contribution in [0.3, 0.4) is 0 Å². The van der Waals surface area contributed by atoms with E-state index in [1.165, 1.54) is 6.20 Å². The van der Waals surface area contributed by atoms with Crippen molar-refractivity contribution in [3.8, 4) is 5.69 Å². The van der Waals surface area contributed by atoms with Crippen LogP contribution in [0.15, 0.2) is 61.1 Å². The average Bonchev–Trinajstić information content (AvgIpc) is 3.18. The van der Waals surface area contributed by atoms with Gasteiger partial charge in [0.2, 0.25) is 0 Å². The largest absolute Gasteiger partial charge is 0.350 e. The lowest BCUT2D eigenvalue weighted by atomic mass is 10.2. The number of benzene rings is 1. The van der Waals surface area contributed by atoms with Gasteiger partial charge in [0.25, 0.3) is 11.8 Å². The van der Waals surface area contributed by atoms with E-state index in [1.54, 1.807) is 36.1 Å². The fourth-order valence-electron chi connectivity index (χ4n) is 3.01. The maximum absolute atomic E-state index is 12.5. The summed E-state index contributed by atoms with van der Waals surface area (Å²) in [6.45, 7) is 2.33. The van der Waals surface area contributed by atoms with Gasteiger partial charge < -0.3 is 10.6 Å². The van der Waals surface area contributed by atoms with Crippen LogP contribution < -0.4 is 10.6 Å². The number of nitrogens with zero attached hydrogens (tertiary/aromatic N) is 5. The molecule has 0 radical (unpaired) electrons. The van der Waals surface area contributed by atoms with Gasteiger partial charge in [-0.15, -0.1) is 5.10 Å². The Morgan fingerprint density at radius 3 is 2.60 bits per heavy atom. The zero-order chi connectivity index (χ0) is 20.9. The molecule has 4 aromatic rings. The van der Waals surface area contributed by atoms with Gasteiger partial charge in [0.05, 0.1) is 22.5 Å². The molecule has 0 atom stereocenters. The van der Waals surface area contributed by atoms with Crippen LogP contribution in [-0.2, 0) is 0 Å². The summed E-state index contributed by atoms with van der Waals surface area (Å²) in [4.78, 5) is 32.7. The molecule has 30 heavy (non-hydrogen) atoms. The van der Waals surface area contributed by atoms with Gasteiger partial charge in [-0.1, -0.05) is 11.3 Å². The summed E-state index contributed by atoms with van der Waals surface area (Å²) in [5.74, 6) is -0.595. The number of carbonyl (C=O) groups excluding carboxylic acids is 2. The van der Waals surface area contributed by atoms with Gasteiger partial charge in [-0.05, 0) is 43.3 Å². The fraction of sp³-hybridized carbons (Fsp3) is 0.143. The van der Waals surface area contributed by atoms with Crippen molar-refractivity contribution >= 4 is 22.7 Å². The number of amides is 2. The molecule has 3 heterocycles. The summed E-state index contributed by atoms with van der Waals surface area (Å²) in [5.41, 5.74) is 3.00. The summed E-state index contributed by atoms with van der Waals surface area (Å²) >= 11 is 0. The Bertz CT molecular complexity index is 1200. The van der Waals surface area contributed by atoms with Crippen molar-refractivity contribution in [3.05, 3.63) is 78.0 Å². The van der Waals surface area contributed by atoms with Crippen molar-refractivity contribution in [1.82, 2.24) is 35.6 Å². The van der Waals surface area contributed by atoms with E-state index in [0.29, 0.717) is 11.3 Å². The minimum Gasteiger partial charge on any atom is -0.350 e. The van der Waals surface area contributed by atoms with Crippen LogP contribution in [0.1, 0.15) is 26.5 Å². The number of aromatic nitrogens is 5. The SMILES string of the molecule is Cc1c(C(=O)NCCNC(=O)c2cccnc2)nnn1-c1ccc2ncccc2c1. The third-order valence-corrected chi connectivity index (χ3v) is 4.56. The molecular formula is C21H19N7O2. The van der Waals surface area contributed by atoms with Crippen LogP contribution in [-0.4, -0.2) is 49.9 Å². The molecule has 0 fully saturated rings. The number of hydrogen-bond donors (Lipinski definition) is 2. The Kier molecular flexibility index (Phi) is 5.42. The molecule has 0 aliphatic rings. The molecular weight excluding hydrogens is 382 g/mol. The normalized spacial score (nSPS) is 10.7. The van der Waals surface area contributed by atoms with Crippen molar-refractivity contribution < 1.29 is 9.59 Å². The van der Waals surface area contributed by atoms with Crippen molar-refractivity contribution in [2.24, 2.45) is 0 Å². The smallest absolute Gasteiger partial charge is 0.273 e. The van der Waals surface area contributed by atoms with Crippen LogP contribution in [0, 0.1) is 6.92 Å². The molecule has 2 amide bonds. The highest BCUT2D eigenvalue weighted by Gasteiger charge is 2.17. The maximum Gasteiger partial charge on any atom is 0.273 e. The molecule has 0 saturated heterocycles. The van der Waals surface area contributed by atoms with E-state index in [0.717, 1.165) is 16.6 Å². The Labute approximate surface area is 172 Å². The Balaban J connectivity index is 1.38. The highest BCUT2D eigenvalue weighted by Crippen LogP contribution is 2.18. The van der Waals surface area contributed by atoms with E-state index in [2.05, 4.69) is 30.9 Å². The van der Waals surface area contributed by atoms with E-state index in [1.807, 2.05) is 30.3 Å². The van der Waals surface area contributed by atoms with E-state index >= 15 is 0 Å². The molecule has 0 spiro atoms. The first kappa shape index (κ1) is 19.2. The first-order valence-electron chi connectivity index (χ1n) is 9.37. The zero-order valence-corrected chi connectivity index (χ0v) is 16.2. The molecule has 4 rings (SSSR count). The van der Waals surface area contributed by atoms with Crippen LogP contribution >= 0.6 is 0 Å². The Hall–Kier alpha value is -4.14. The van der Waals surface area contributed by atoms with Crippen molar-refractivity contribution in [2.45, 2.75) is 6.92 Å². The molecule has 0 unspecified atom stereocenters. The predicted molar refractivity (Wildman–Crippen MR) is 110 cm³/mol. The Morgan fingerprint density at radius 2 is 1.80 bits per heavy atom. The summed E-state index contributed by atoms with van der Waals surface area (Å²) < 4.78 is 1.62. The number of fused-ring (bicyclic) bond motifs is 1. The van der Waals surface area contributed by atoms with E-state index in [4.69, 9.17) is 0 Å². The third-order valence-electron chi connectivity index (χ3n) is 4.56. The number of nitrogens with one attached hydrogen (secondary N) is 2. The molecule has 0 aliphatic heterocycles. The predicted octanol–water partition coefficient (Wildman–Crippen LogP) is 1.68. The standard InChI is InChI=1S/C21H19N7O2/c1-14-19(21(30)25-11-10-24-20(29)16-5-2-8-22-13-16)26-27-28(14)17-6-7-18-15(12-17)4-3-9-23-18/h2-9,12-13H,10-11H2,1H3,(H,24,29)(H,25,30). The highest BCUT2D eigenvalue weighted by atomic mass is 16.2. The summed E-state index contributed by atoms with van der Waals surface area (Å²) in [6, 6.07) is 12.9. The minimum absolute atomic E-state index is 0.236. The summed E-state index contributed by atoms with van der Waals surface area (Å²) in [5, 5.41) is 14.6. The molecule has 2 N–H and O–H groups in total. The quantitative estimate of drug-likeness (QED) is 0.475. The fourth-order valence-corrected chi connectivity index (χ4v) is 3.01. The maximum atomic E-state index is 12.5. The van der Waals surface area contributed by atoms with Crippen LogP contribution in [0.4, 0.5) is 0 Å². The van der Waals surface area contributed by atoms with Crippen molar-refractivity contribution in [1.29, 1.82) is 0 Å². The lowest BCUT2D eigenvalue weighted by Gasteiger charge is -2.07. The molecule has 9 nitrogen and oxygen atoms in total. The Morgan fingerprint density at radius 1 is 1.00 bits per heavy atom. The van der Waals surface area contributed by atoms with Gasteiger partial charge in [0.15, 0.2) is 5.69 Å². The monoisotopic (exact) mass is 401 g/mol. The van der Waals surface area contributed by atoms with Crippen molar-refractivity contribution in [3.63, 3.8) is 0 Å². The number of carbonyl (C=O) groups is 2. The van der Waals surface area contributed by atoms with Gasteiger partial charge >= 0.3 is 0 Å². The van der Waals surface area contributed by atoms with E-state index in [-0.39, 0.29) is 30.6 Å². The molecule has 3 aromatic heterocycles. The lowest BCUT2D eigenvalue weighted by Crippen LogP contribution is -2.35. The average molecular weight is 401 g/mol. The summed E-state index contributed by atoms with van der Waals surface area (Å²) in [7, 11) is 0. The summed E-state index contributed by atoms with van der Waals surface area (Å²) in [6.07, 6.45) is 4.82. The zero-order valence-electron chi connectivity index (χ0n) is 16.2. The molecule has 1 aromatic carbocycles. The number of rotatable bonds is 6. The van der Waals surface area contributed by atoms with Crippen molar-refractivity contribution in [2.75, 3.05) is 13.1 Å². The molecule has 0 bridgehead atoms. The lowest BCUT2D eigenvalue weighted by molar-refractivity contribution is 0.0924. The molecule has 0 saturated carbocycles. The number of hydrogen-bond acceptors (Lipinski definition) is 6. The van der Waals surface area contributed by atoms with Gasteiger partial charge in [-0.2, -0.15) is 0 Å². The van der Waals surface area contributed by atoms with Gasteiger partial charge in [-0.25, -0.2) is 4.68 Å².